The molecule has 2 aromatic carbocycles. The zero-order chi connectivity index (χ0) is 19.4. The molecule has 3 heteroatoms. The maximum atomic E-state index is 13.7. The highest BCUT2D eigenvalue weighted by Gasteiger charge is 2.06. The fourth-order valence-corrected chi connectivity index (χ4v) is 2.50. The van der Waals surface area contributed by atoms with Crippen molar-refractivity contribution in [2.24, 2.45) is 0 Å². The van der Waals surface area contributed by atoms with Crippen molar-refractivity contribution in [3.63, 3.8) is 0 Å². The number of allylic oxidation sites excluding steroid dienone is 2. The van der Waals surface area contributed by atoms with Crippen LogP contribution in [0, 0.1) is 12.7 Å². The molecule has 0 fully saturated rings. The first kappa shape index (κ1) is 21.6. The molecule has 0 radical (unpaired) electrons. The molecule has 0 saturated carbocycles. The van der Waals surface area contributed by atoms with Crippen LogP contribution in [0.2, 0.25) is 0 Å². The van der Waals surface area contributed by atoms with Crippen LogP contribution >= 0.6 is 0 Å². The third-order valence-corrected chi connectivity index (χ3v) is 3.73. The van der Waals surface area contributed by atoms with Crippen LogP contribution in [0.4, 0.5) is 4.39 Å². The predicted octanol–water partition coefficient (Wildman–Crippen LogP) is 6.48. The zero-order valence-electron chi connectivity index (χ0n) is 16.2. The SMILES string of the molecule is CC(=O)OCc1ccccc1.CC/C=C(\CCC)c1ccc(C)cc1F. The lowest BCUT2D eigenvalue weighted by molar-refractivity contribution is -0.142. The summed E-state index contributed by atoms with van der Waals surface area (Å²) in [6.07, 6.45) is 5.09. The number of benzene rings is 2. The van der Waals surface area contributed by atoms with E-state index in [-0.39, 0.29) is 11.8 Å². The normalized spacial score (nSPS) is 10.7. The van der Waals surface area contributed by atoms with Crippen LogP contribution in [0.15, 0.2) is 54.6 Å². The standard InChI is InChI=1S/C14H19F.C9H10O2/c1-4-6-12(7-5-2)13-9-8-11(3)10-14(13)15;1-8(10)11-7-9-5-3-2-4-6-9/h6,8-10H,4-5,7H2,1-3H3;2-6H,7H2,1H3/b12-6+;. The molecule has 0 spiro atoms. The summed E-state index contributed by atoms with van der Waals surface area (Å²) in [5, 5.41) is 0. The first-order valence-corrected chi connectivity index (χ1v) is 9.10. The van der Waals surface area contributed by atoms with Crippen LogP contribution in [-0.4, -0.2) is 5.97 Å². The third kappa shape index (κ3) is 8.11. The minimum absolute atomic E-state index is 0.0943. The largest absolute Gasteiger partial charge is 0.461 e. The number of esters is 1. The fraction of sp³-hybridized carbons (Fsp3) is 0.348. The minimum Gasteiger partial charge on any atom is -0.461 e. The van der Waals surface area contributed by atoms with Crippen molar-refractivity contribution in [2.75, 3.05) is 0 Å². The Morgan fingerprint density at radius 2 is 1.81 bits per heavy atom. The van der Waals surface area contributed by atoms with E-state index in [9.17, 15) is 9.18 Å². The average Bonchev–Trinajstić information content (AvgIpc) is 2.61. The second-order valence-electron chi connectivity index (χ2n) is 6.14. The summed E-state index contributed by atoms with van der Waals surface area (Å²) in [6, 6.07) is 15.1. The summed E-state index contributed by atoms with van der Waals surface area (Å²) in [5.41, 5.74) is 3.90. The molecule has 0 aliphatic carbocycles. The van der Waals surface area contributed by atoms with Gasteiger partial charge in [-0.3, -0.25) is 4.79 Å². The van der Waals surface area contributed by atoms with E-state index < -0.39 is 0 Å². The van der Waals surface area contributed by atoms with Crippen LogP contribution in [0.5, 0.6) is 0 Å². The van der Waals surface area contributed by atoms with Gasteiger partial charge in [-0.05, 0) is 42.5 Å². The molecule has 2 nitrogen and oxygen atoms in total. The van der Waals surface area contributed by atoms with Crippen molar-refractivity contribution >= 4 is 11.5 Å². The van der Waals surface area contributed by atoms with Crippen molar-refractivity contribution < 1.29 is 13.9 Å². The van der Waals surface area contributed by atoms with Crippen molar-refractivity contribution in [1.82, 2.24) is 0 Å². The molecule has 0 atom stereocenters. The highest BCUT2D eigenvalue weighted by molar-refractivity contribution is 5.66. The lowest BCUT2D eigenvalue weighted by atomic mass is 9.99. The number of halogens is 1. The lowest BCUT2D eigenvalue weighted by Gasteiger charge is -2.08. The Labute approximate surface area is 156 Å². The molecule has 2 rings (SSSR count). The summed E-state index contributed by atoms with van der Waals surface area (Å²) in [6.45, 7) is 7.90. The third-order valence-electron chi connectivity index (χ3n) is 3.73. The van der Waals surface area contributed by atoms with Gasteiger partial charge in [0.15, 0.2) is 0 Å². The minimum atomic E-state index is -0.242. The van der Waals surface area contributed by atoms with Crippen LogP contribution in [-0.2, 0) is 16.1 Å². The van der Waals surface area contributed by atoms with Gasteiger partial charge in [0, 0.05) is 12.5 Å². The van der Waals surface area contributed by atoms with Gasteiger partial charge in [0.05, 0.1) is 0 Å². The molecule has 2 aromatic rings. The molecular formula is C23H29FO2. The van der Waals surface area contributed by atoms with Gasteiger partial charge in [0.1, 0.15) is 12.4 Å². The zero-order valence-corrected chi connectivity index (χ0v) is 16.2. The van der Waals surface area contributed by atoms with E-state index in [0.29, 0.717) is 6.61 Å². The number of carbonyl (C=O) groups is 1. The first-order chi connectivity index (χ1) is 12.5. The summed E-state index contributed by atoms with van der Waals surface area (Å²) in [7, 11) is 0. The van der Waals surface area contributed by atoms with E-state index in [1.165, 1.54) is 6.92 Å². The quantitative estimate of drug-likeness (QED) is 0.554. The van der Waals surface area contributed by atoms with Gasteiger partial charge in [-0.25, -0.2) is 4.39 Å². The molecule has 0 N–H and O–H groups in total. The molecule has 0 saturated heterocycles. The molecule has 140 valence electrons. The van der Waals surface area contributed by atoms with E-state index in [2.05, 4.69) is 19.9 Å². The molecular weight excluding hydrogens is 327 g/mol. The van der Waals surface area contributed by atoms with Gasteiger partial charge in [0.25, 0.3) is 0 Å². The van der Waals surface area contributed by atoms with E-state index in [4.69, 9.17) is 4.74 Å². The Kier molecular flexibility index (Phi) is 9.99. The Hall–Kier alpha value is -2.42. The predicted molar refractivity (Wildman–Crippen MR) is 106 cm³/mol. The molecule has 0 unspecified atom stereocenters. The fourth-order valence-electron chi connectivity index (χ4n) is 2.50. The van der Waals surface area contributed by atoms with Crippen molar-refractivity contribution in [2.45, 2.75) is 53.6 Å². The van der Waals surface area contributed by atoms with Crippen LogP contribution in [0.1, 0.15) is 56.7 Å². The van der Waals surface area contributed by atoms with Crippen molar-refractivity contribution in [3.8, 4) is 0 Å². The Morgan fingerprint density at radius 1 is 1.12 bits per heavy atom. The summed E-state index contributed by atoms with van der Waals surface area (Å²) < 4.78 is 18.5. The van der Waals surface area contributed by atoms with Crippen LogP contribution in [0.25, 0.3) is 5.57 Å². The van der Waals surface area contributed by atoms with Gasteiger partial charge in [-0.15, -0.1) is 0 Å². The molecule has 0 heterocycles. The molecule has 0 aromatic heterocycles. The number of hydrogen-bond acceptors (Lipinski definition) is 2. The smallest absolute Gasteiger partial charge is 0.302 e. The topological polar surface area (TPSA) is 26.3 Å². The Morgan fingerprint density at radius 3 is 2.35 bits per heavy atom. The number of rotatable bonds is 6. The van der Waals surface area contributed by atoms with Crippen molar-refractivity contribution in [3.05, 3.63) is 77.1 Å². The maximum absolute atomic E-state index is 13.7. The highest BCUT2D eigenvalue weighted by Crippen LogP contribution is 2.24. The van der Waals surface area contributed by atoms with Crippen molar-refractivity contribution in [1.29, 1.82) is 0 Å². The van der Waals surface area contributed by atoms with Gasteiger partial charge < -0.3 is 4.74 Å². The van der Waals surface area contributed by atoms with E-state index in [0.717, 1.165) is 41.5 Å². The van der Waals surface area contributed by atoms with E-state index >= 15 is 0 Å². The second-order valence-corrected chi connectivity index (χ2v) is 6.14. The Bertz CT molecular complexity index is 705. The molecule has 0 aliphatic heterocycles. The average molecular weight is 356 g/mol. The number of carbonyl (C=O) groups excluding carboxylic acids is 1. The second kappa shape index (κ2) is 12.0. The van der Waals surface area contributed by atoms with Crippen LogP contribution < -0.4 is 0 Å². The van der Waals surface area contributed by atoms with Crippen LogP contribution in [0.3, 0.4) is 0 Å². The van der Waals surface area contributed by atoms with E-state index in [1.54, 1.807) is 6.07 Å². The summed E-state index contributed by atoms with van der Waals surface area (Å²) in [5.74, 6) is -0.336. The molecule has 26 heavy (non-hydrogen) atoms. The molecule has 0 aliphatic rings. The number of ether oxygens (including phenoxy) is 1. The lowest BCUT2D eigenvalue weighted by Crippen LogP contribution is -1.97. The monoisotopic (exact) mass is 356 g/mol. The summed E-state index contributed by atoms with van der Waals surface area (Å²) >= 11 is 0. The molecule has 0 bridgehead atoms. The summed E-state index contributed by atoms with van der Waals surface area (Å²) in [4.78, 5) is 10.4. The van der Waals surface area contributed by atoms with Gasteiger partial charge in [-0.1, -0.05) is 68.8 Å². The first-order valence-electron chi connectivity index (χ1n) is 9.10. The van der Waals surface area contributed by atoms with Gasteiger partial charge in [-0.2, -0.15) is 0 Å². The maximum Gasteiger partial charge on any atom is 0.302 e. The number of hydrogen-bond donors (Lipinski definition) is 0. The van der Waals surface area contributed by atoms with Gasteiger partial charge in [0.2, 0.25) is 0 Å². The van der Waals surface area contributed by atoms with Gasteiger partial charge >= 0.3 is 5.97 Å². The highest BCUT2D eigenvalue weighted by atomic mass is 19.1. The number of aryl methyl sites for hydroxylation is 1. The molecule has 0 amide bonds. The Balaban J connectivity index is 0.000000273. The van der Waals surface area contributed by atoms with E-state index in [1.807, 2.05) is 49.4 Å².